The summed E-state index contributed by atoms with van der Waals surface area (Å²) in [5.41, 5.74) is 0.571. The topological polar surface area (TPSA) is 104 Å². The Hall–Kier alpha value is -1.44. The van der Waals surface area contributed by atoms with Gasteiger partial charge >= 0.3 is 5.97 Å². The molecule has 0 aliphatic carbocycles. The van der Waals surface area contributed by atoms with Crippen molar-refractivity contribution in [3.8, 4) is 0 Å². The van der Waals surface area contributed by atoms with Crippen molar-refractivity contribution >= 4 is 16.0 Å². The van der Waals surface area contributed by atoms with E-state index in [0.717, 1.165) is 0 Å². The summed E-state index contributed by atoms with van der Waals surface area (Å²) in [6, 6.07) is 3.61. The van der Waals surface area contributed by atoms with E-state index in [1.165, 1.54) is 18.2 Å². The Morgan fingerprint density at radius 1 is 1.33 bits per heavy atom. The molecular formula is C14H21NO5S. The van der Waals surface area contributed by atoms with E-state index in [2.05, 4.69) is 4.72 Å². The predicted octanol–water partition coefficient (Wildman–Crippen LogP) is 1.24. The van der Waals surface area contributed by atoms with E-state index in [4.69, 9.17) is 10.2 Å². The van der Waals surface area contributed by atoms with Crippen LogP contribution in [0.3, 0.4) is 0 Å². The molecule has 0 radical (unpaired) electrons. The highest BCUT2D eigenvalue weighted by atomic mass is 32.2. The number of aromatic carboxylic acids is 1. The molecule has 0 aliphatic heterocycles. The van der Waals surface area contributed by atoms with Crippen molar-refractivity contribution in [2.24, 2.45) is 5.92 Å². The Labute approximate surface area is 124 Å². The van der Waals surface area contributed by atoms with Crippen LogP contribution in [0.15, 0.2) is 23.1 Å². The molecule has 2 atom stereocenters. The number of carboxylic acid groups (broad SMARTS) is 1. The maximum atomic E-state index is 12.3. The highest BCUT2D eigenvalue weighted by Gasteiger charge is 2.22. The molecule has 0 heterocycles. The first-order valence-electron chi connectivity index (χ1n) is 6.72. The molecule has 0 amide bonds. The summed E-state index contributed by atoms with van der Waals surface area (Å²) in [4.78, 5) is 11.1. The average Bonchev–Trinajstić information content (AvgIpc) is 2.44. The molecule has 0 spiro atoms. The molecule has 1 aromatic rings. The number of hydrogen-bond donors (Lipinski definition) is 3. The molecule has 118 valence electrons. The molecule has 0 saturated heterocycles. The Bertz CT molecular complexity index is 612. The van der Waals surface area contributed by atoms with Gasteiger partial charge < -0.3 is 10.2 Å². The molecule has 0 fully saturated rings. The number of rotatable bonds is 7. The van der Waals surface area contributed by atoms with Crippen LogP contribution in [0.25, 0.3) is 0 Å². The van der Waals surface area contributed by atoms with Crippen molar-refractivity contribution in [2.45, 2.75) is 38.1 Å². The summed E-state index contributed by atoms with van der Waals surface area (Å²) in [7, 11) is -3.82. The van der Waals surface area contributed by atoms with E-state index in [9.17, 15) is 13.2 Å². The Morgan fingerprint density at radius 3 is 2.43 bits per heavy atom. The molecule has 1 aromatic carbocycles. The molecule has 3 N–H and O–H groups in total. The fourth-order valence-corrected chi connectivity index (χ4v) is 3.20. The minimum absolute atomic E-state index is 0.0109. The van der Waals surface area contributed by atoms with E-state index >= 15 is 0 Å². The highest BCUT2D eigenvalue weighted by molar-refractivity contribution is 7.89. The van der Waals surface area contributed by atoms with Gasteiger partial charge in [0.2, 0.25) is 10.0 Å². The third-order valence-corrected chi connectivity index (χ3v) is 5.04. The number of nitrogens with one attached hydrogen (secondary N) is 1. The third-order valence-electron chi connectivity index (χ3n) is 3.49. The SMILES string of the molecule is CCc1ccc(S(=O)(=O)NC(C)C(C)CO)cc1C(=O)O. The van der Waals surface area contributed by atoms with Gasteiger partial charge in [-0.1, -0.05) is 19.9 Å². The van der Waals surface area contributed by atoms with Crippen LogP contribution in [-0.4, -0.2) is 37.2 Å². The minimum atomic E-state index is -3.82. The quantitative estimate of drug-likeness (QED) is 0.702. The molecule has 2 unspecified atom stereocenters. The second kappa shape index (κ2) is 7.02. The van der Waals surface area contributed by atoms with Gasteiger partial charge in [0.05, 0.1) is 10.5 Å². The molecular weight excluding hydrogens is 294 g/mol. The number of aliphatic hydroxyl groups excluding tert-OH is 1. The van der Waals surface area contributed by atoms with E-state index in [1.54, 1.807) is 20.8 Å². The first kappa shape index (κ1) is 17.6. The van der Waals surface area contributed by atoms with E-state index in [-0.39, 0.29) is 23.0 Å². The standard InChI is InChI=1S/C14H21NO5S/c1-4-11-5-6-12(7-13(11)14(17)18)21(19,20)15-10(3)9(2)8-16/h5-7,9-10,15-16H,4,8H2,1-3H3,(H,17,18). The molecule has 0 aliphatic rings. The van der Waals surface area contributed by atoms with Gasteiger partial charge in [0, 0.05) is 12.6 Å². The molecule has 21 heavy (non-hydrogen) atoms. The number of benzene rings is 1. The van der Waals surface area contributed by atoms with Gasteiger partial charge in [-0.05, 0) is 37.0 Å². The lowest BCUT2D eigenvalue weighted by Crippen LogP contribution is -2.38. The maximum Gasteiger partial charge on any atom is 0.336 e. The number of hydrogen-bond acceptors (Lipinski definition) is 4. The Balaban J connectivity index is 3.15. The zero-order valence-corrected chi connectivity index (χ0v) is 13.1. The normalized spacial score (nSPS) is 14.7. The number of aliphatic hydroxyl groups is 1. The number of aryl methyl sites for hydroxylation is 1. The highest BCUT2D eigenvalue weighted by Crippen LogP contribution is 2.18. The van der Waals surface area contributed by atoms with Crippen molar-refractivity contribution in [3.63, 3.8) is 0 Å². The fourth-order valence-electron chi connectivity index (χ4n) is 1.82. The van der Waals surface area contributed by atoms with Crippen molar-refractivity contribution in [3.05, 3.63) is 29.3 Å². The monoisotopic (exact) mass is 315 g/mol. The van der Waals surface area contributed by atoms with Crippen LogP contribution >= 0.6 is 0 Å². The van der Waals surface area contributed by atoms with Gasteiger partial charge in [0.15, 0.2) is 0 Å². The van der Waals surface area contributed by atoms with Gasteiger partial charge in [-0.15, -0.1) is 0 Å². The van der Waals surface area contributed by atoms with Crippen molar-refractivity contribution in [1.29, 1.82) is 0 Å². The maximum absolute atomic E-state index is 12.3. The third kappa shape index (κ3) is 4.26. The van der Waals surface area contributed by atoms with Crippen molar-refractivity contribution in [2.75, 3.05) is 6.61 Å². The lowest BCUT2D eigenvalue weighted by atomic mass is 10.1. The molecule has 1 rings (SSSR count). The van der Waals surface area contributed by atoms with Gasteiger partial charge in [-0.2, -0.15) is 0 Å². The van der Waals surface area contributed by atoms with Crippen LogP contribution in [0, 0.1) is 5.92 Å². The number of carboxylic acids is 1. The summed E-state index contributed by atoms with van der Waals surface area (Å²) >= 11 is 0. The first-order valence-corrected chi connectivity index (χ1v) is 8.20. The number of sulfonamides is 1. The van der Waals surface area contributed by atoms with Gasteiger partial charge in [-0.3, -0.25) is 0 Å². The lowest BCUT2D eigenvalue weighted by Gasteiger charge is -2.19. The summed E-state index contributed by atoms with van der Waals surface area (Å²) in [5, 5.41) is 18.2. The largest absolute Gasteiger partial charge is 0.478 e. The second-order valence-corrected chi connectivity index (χ2v) is 6.76. The zero-order valence-electron chi connectivity index (χ0n) is 12.3. The summed E-state index contributed by atoms with van der Waals surface area (Å²) in [6.45, 7) is 5.03. The minimum Gasteiger partial charge on any atom is -0.478 e. The van der Waals surface area contributed by atoms with Crippen LogP contribution in [0.2, 0.25) is 0 Å². The summed E-state index contributed by atoms with van der Waals surface area (Å²) in [6.07, 6.45) is 0.507. The van der Waals surface area contributed by atoms with E-state index < -0.39 is 22.0 Å². The van der Waals surface area contributed by atoms with Crippen molar-refractivity contribution < 1.29 is 23.4 Å². The predicted molar refractivity (Wildman–Crippen MR) is 78.8 cm³/mol. The van der Waals surface area contributed by atoms with E-state index in [0.29, 0.717) is 12.0 Å². The summed E-state index contributed by atoms with van der Waals surface area (Å²) < 4.78 is 26.9. The smallest absolute Gasteiger partial charge is 0.336 e. The molecule has 0 saturated carbocycles. The van der Waals surface area contributed by atoms with Crippen LogP contribution < -0.4 is 4.72 Å². The van der Waals surface area contributed by atoms with Crippen molar-refractivity contribution in [1.82, 2.24) is 4.72 Å². The van der Waals surface area contributed by atoms with Crippen LogP contribution in [-0.2, 0) is 16.4 Å². The van der Waals surface area contributed by atoms with E-state index in [1.807, 2.05) is 0 Å². The lowest BCUT2D eigenvalue weighted by molar-refractivity contribution is 0.0695. The first-order chi connectivity index (χ1) is 9.72. The van der Waals surface area contributed by atoms with Crippen LogP contribution in [0.5, 0.6) is 0 Å². The Kier molecular flexibility index (Phi) is 5.88. The van der Waals surface area contributed by atoms with Gasteiger partial charge in [0.1, 0.15) is 0 Å². The second-order valence-electron chi connectivity index (χ2n) is 5.05. The molecule has 6 nitrogen and oxygen atoms in total. The molecule has 7 heteroatoms. The van der Waals surface area contributed by atoms with Crippen LogP contribution in [0.4, 0.5) is 0 Å². The summed E-state index contributed by atoms with van der Waals surface area (Å²) in [5.74, 6) is -1.39. The molecule has 0 bridgehead atoms. The van der Waals surface area contributed by atoms with Crippen LogP contribution in [0.1, 0.15) is 36.7 Å². The number of carbonyl (C=O) groups is 1. The fraction of sp³-hybridized carbons (Fsp3) is 0.500. The van der Waals surface area contributed by atoms with Gasteiger partial charge in [-0.25, -0.2) is 17.9 Å². The zero-order chi connectivity index (χ0) is 16.2. The van der Waals surface area contributed by atoms with Gasteiger partial charge in [0.25, 0.3) is 0 Å². The molecule has 0 aromatic heterocycles. The Morgan fingerprint density at radius 2 is 1.95 bits per heavy atom. The average molecular weight is 315 g/mol.